The van der Waals surface area contributed by atoms with Gasteiger partial charge in [0.05, 0.1) is 18.6 Å². The number of benzene rings is 3. The van der Waals surface area contributed by atoms with Gasteiger partial charge in [0.2, 0.25) is 11.8 Å². The summed E-state index contributed by atoms with van der Waals surface area (Å²) < 4.78 is 5.43. The summed E-state index contributed by atoms with van der Waals surface area (Å²) in [5, 5.41) is 17.5. The molecule has 46 heavy (non-hydrogen) atoms. The van der Waals surface area contributed by atoms with Crippen LogP contribution in [-0.4, -0.2) is 59.0 Å². The first-order chi connectivity index (χ1) is 22.3. The number of esters is 1. The normalized spacial score (nSPS) is 15.2. The maximum atomic E-state index is 13.6. The first-order valence-corrected chi connectivity index (χ1v) is 15.8. The second kappa shape index (κ2) is 17.1. The van der Waals surface area contributed by atoms with Crippen LogP contribution in [0, 0.1) is 5.92 Å². The van der Waals surface area contributed by atoms with Gasteiger partial charge in [-0.15, -0.1) is 13.2 Å². The van der Waals surface area contributed by atoms with Crippen LogP contribution in [0.3, 0.4) is 0 Å². The molecule has 0 aromatic heterocycles. The Hall–Kier alpha value is -4.76. The Morgan fingerprint density at radius 1 is 0.935 bits per heavy atom. The Morgan fingerprint density at radius 2 is 1.67 bits per heavy atom. The molecule has 0 aliphatic carbocycles. The number of rotatable bonds is 16. The maximum Gasteiger partial charge on any atom is 0.305 e. The first kappa shape index (κ1) is 34.1. The van der Waals surface area contributed by atoms with Crippen LogP contribution in [0.2, 0.25) is 0 Å². The van der Waals surface area contributed by atoms with E-state index in [0.29, 0.717) is 25.1 Å². The number of ether oxygens (including phenoxy) is 1. The van der Waals surface area contributed by atoms with Gasteiger partial charge in [-0.2, -0.15) is 0 Å². The van der Waals surface area contributed by atoms with E-state index in [1.807, 2.05) is 60.7 Å². The lowest BCUT2D eigenvalue weighted by Crippen LogP contribution is -2.50. The lowest BCUT2D eigenvalue weighted by Gasteiger charge is -2.36. The van der Waals surface area contributed by atoms with E-state index in [0.717, 1.165) is 34.7 Å². The molecule has 3 aromatic rings. The molecule has 0 fully saturated rings. The number of aliphatic hydroxyl groups is 1. The van der Waals surface area contributed by atoms with E-state index in [9.17, 15) is 24.3 Å². The summed E-state index contributed by atoms with van der Waals surface area (Å²) in [7, 11) is 0. The Labute approximate surface area is 270 Å². The molecule has 3 aromatic carbocycles. The monoisotopic (exact) mass is 625 g/mol. The average Bonchev–Trinajstić information content (AvgIpc) is 3.07. The zero-order valence-corrected chi connectivity index (χ0v) is 26.2. The Bertz CT molecular complexity index is 1550. The fraction of sp³-hybridized carbons (Fsp3) is 0.351. The SMILES string of the molecule is C=CCCCCC(=O)OCC(NC(=O)C(CC=C)CC(=O)N1Cc2ccccc2CC1CO)C(=O)Nc1ccc2ccccc2c1. The minimum absolute atomic E-state index is 0.140. The van der Waals surface area contributed by atoms with Gasteiger partial charge in [-0.1, -0.05) is 66.7 Å². The van der Waals surface area contributed by atoms with Gasteiger partial charge < -0.3 is 25.4 Å². The molecule has 3 unspecified atom stereocenters. The van der Waals surface area contributed by atoms with Crippen molar-refractivity contribution >= 4 is 40.2 Å². The molecule has 1 aliphatic heterocycles. The Morgan fingerprint density at radius 3 is 2.41 bits per heavy atom. The largest absolute Gasteiger partial charge is 0.463 e. The predicted octanol–water partition coefficient (Wildman–Crippen LogP) is 5.08. The topological polar surface area (TPSA) is 125 Å². The molecule has 3 atom stereocenters. The van der Waals surface area contributed by atoms with Gasteiger partial charge in [-0.25, -0.2) is 0 Å². The highest BCUT2D eigenvalue weighted by Crippen LogP contribution is 2.25. The van der Waals surface area contributed by atoms with E-state index in [1.54, 1.807) is 23.1 Å². The molecule has 3 amide bonds. The van der Waals surface area contributed by atoms with Crippen molar-refractivity contribution in [2.24, 2.45) is 5.92 Å². The van der Waals surface area contributed by atoms with Gasteiger partial charge in [-0.05, 0) is 66.1 Å². The number of hydrogen-bond acceptors (Lipinski definition) is 6. The average molecular weight is 626 g/mol. The molecule has 0 spiro atoms. The van der Waals surface area contributed by atoms with Crippen LogP contribution < -0.4 is 10.6 Å². The Balaban J connectivity index is 1.46. The van der Waals surface area contributed by atoms with E-state index in [-0.39, 0.29) is 38.4 Å². The molecule has 0 saturated heterocycles. The number of nitrogens with zero attached hydrogens (tertiary/aromatic N) is 1. The molecule has 3 N–H and O–H groups in total. The highest BCUT2D eigenvalue weighted by molar-refractivity contribution is 5.99. The van der Waals surface area contributed by atoms with Gasteiger partial charge >= 0.3 is 5.97 Å². The van der Waals surface area contributed by atoms with Crippen molar-refractivity contribution in [3.8, 4) is 0 Å². The minimum atomic E-state index is -1.20. The first-order valence-electron chi connectivity index (χ1n) is 15.8. The van der Waals surface area contributed by atoms with Crippen LogP contribution in [0.1, 0.15) is 49.7 Å². The van der Waals surface area contributed by atoms with Crippen LogP contribution in [0.5, 0.6) is 0 Å². The summed E-state index contributed by atoms with van der Waals surface area (Å²) >= 11 is 0. The predicted molar refractivity (Wildman–Crippen MR) is 179 cm³/mol. The zero-order chi connectivity index (χ0) is 32.9. The number of nitrogens with one attached hydrogen (secondary N) is 2. The minimum Gasteiger partial charge on any atom is -0.463 e. The van der Waals surface area contributed by atoms with E-state index >= 15 is 0 Å². The van der Waals surface area contributed by atoms with Crippen molar-refractivity contribution in [2.75, 3.05) is 18.5 Å². The van der Waals surface area contributed by atoms with Gasteiger partial charge in [0, 0.05) is 25.1 Å². The molecular weight excluding hydrogens is 582 g/mol. The van der Waals surface area contributed by atoms with Crippen molar-refractivity contribution in [1.82, 2.24) is 10.2 Å². The second-order valence-electron chi connectivity index (χ2n) is 11.6. The molecular formula is C37H43N3O6. The Kier molecular flexibility index (Phi) is 12.7. The third kappa shape index (κ3) is 9.37. The van der Waals surface area contributed by atoms with Crippen molar-refractivity contribution in [3.05, 3.63) is 103 Å². The summed E-state index contributed by atoms with van der Waals surface area (Å²) in [6.07, 6.45) is 6.28. The van der Waals surface area contributed by atoms with E-state index in [2.05, 4.69) is 23.8 Å². The fourth-order valence-electron chi connectivity index (χ4n) is 5.63. The highest BCUT2D eigenvalue weighted by Gasteiger charge is 2.33. The number of carbonyl (C=O) groups excluding carboxylic acids is 4. The molecule has 0 radical (unpaired) electrons. The number of hydrogen-bond donors (Lipinski definition) is 3. The van der Waals surface area contributed by atoms with Crippen molar-refractivity contribution in [3.63, 3.8) is 0 Å². The molecule has 4 rings (SSSR count). The summed E-state index contributed by atoms with van der Waals surface area (Å²) in [5.41, 5.74) is 2.61. The number of anilines is 1. The van der Waals surface area contributed by atoms with Gasteiger partial charge in [0.25, 0.3) is 5.91 Å². The zero-order valence-electron chi connectivity index (χ0n) is 26.2. The van der Waals surface area contributed by atoms with Gasteiger partial charge in [-0.3, -0.25) is 19.2 Å². The molecule has 9 nitrogen and oxygen atoms in total. The van der Waals surface area contributed by atoms with E-state index in [4.69, 9.17) is 4.74 Å². The summed E-state index contributed by atoms with van der Waals surface area (Å²) in [5.74, 6) is -2.67. The smallest absolute Gasteiger partial charge is 0.305 e. The van der Waals surface area contributed by atoms with Gasteiger partial charge in [0.15, 0.2) is 0 Å². The van der Waals surface area contributed by atoms with Crippen molar-refractivity contribution in [2.45, 2.75) is 63.6 Å². The molecule has 0 saturated carbocycles. The summed E-state index contributed by atoms with van der Waals surface area (Å²) in [6, 6.07) is 19.4. The van der Waals surface area contributed by atoms with Crippen molar-refractivity contribution in [1.29, 1.82) is 0 Å². The van der Waals surface area contributed by atoms with Crippen LogP contribution >= 0.6 is 0 Å². The molecule has 1 heterocycles. The van der Waals surface area contributed by atoms with Crippen LogP contribution in [0.15, 0.2) is 92.0 Å². The highest BCUT2D eigenvalue weighted by atomic mass is 16.5. The number of allylic oxidation sites excluding steroid dienone is 2. The van der Waals surface area contributed by atoms with Crippen LogP contribution in [-0.2, 0) is 36.9 Å². The molecule has 1 aliphatic rings. The summed E-state index contributed by atoms with van der Waals surface area (Å²) in [6.45, 7) is 7.21. The summed E-state index contributed by atoms with van der Waals surface area (Å²) in [4.78, 5) is 54.7. The van der Waals surface area contributed by atoms with E-state index in [1.165, 1.54) is 0 Å². The standard InChI is InChI=1S/C37H43N3O6/c1-3-5-6-7-17-35(43)46-25-33(37(45)38-31-19-18-26-13-8-9-14-27(26)20-31)39-36(44)29(12-4-2)22-34(42)40-23-30-16-11-10-15-28(30)21-32(40)24-41/h3-4,8-11,13-16,18-20,29,32-33,41H,1-2,5-7,12,17,21-25H2,(H,38,45)(H,39,44). The molecule has 9 heteroatoms. The third-order valence-electron chi connectivity index (χ3n) is 8.23. The van der Waals surface area contributed by atoms with Crippen LogP contribution in [0.4, 0.5) is 5.69 Å². The fourth-order valence-corrected chi connectivity index (χ4v) is 5.63. The number of unbranched alkanes of at least 4 members (excludes halogenated alkanes) is 2. The van der Waals surface area contributed by atoms with Gasteiger partial charge in [0.1, 0.15) is 12.6 Å². The van der Waals surface area contributed by atoms with Crippen LogP contribution in [0.25, 0.3) is 10.8 Å². The van der Waals surface area contributed by atoms with E-state index < -0.39 is 35.8 Å². The third-order valence-corrected chi connectivity index (χ3v) is 8.23. The molecule has 0 bridgehead atoms. The second-order valence-corrected chi connectivity index (χ2v) is 11.6. The lowest BCUT2D eigenvalue weighted by atomic mass is 9.92. The number of carbonyl (C=O) groups is 4. The lowest BCUT2D eigenvalue weighted by molar-refractivity contribution is -0.146. The number of amides is 3. The number of aliphatic hydroxyl groups excluding tert-OH is 1. The number of fused-ring (bicyclic) bond motifs is 2. The quantitative estimate of drug-likeness (QED) is 0.116. The molecule has 242 valence electrons. The van der Waals surface area contributed by atoms with Crippen molar-refractivity contribution < 1.29 is 29.0 Å². The maximum absolute atomic E-state index is 13.6.